The van der Waals surface area contributed by atoms with Crippen LogP contribution in [0.25, 0.3) is 0 Å². The van der Waals surface area contributed by atoms with Gasteiger partial charge in [-0.25, -0.2) is 0 Å². The molecule has 4 saturated carbocycles. The van der Waals surface area contributed by atoms with Crippen LogP contribution in [0, 0.1) is 50.2 Å². The molecule has 0 aliphatic heterocycles. The van der Waals surface area contributed by atoms with E-state index in [2.05, 4.69) is 40.7 Å². The largest absolute Gasteiger partial charge is 0.469 e. The summed E-state index contributed by atoms with van der Waals surface area (Å²) < 4.78 is 5.45. The van der Waals surface area contributed by atoms with E-state index >= 15 is 0 Å². The molecule has 5 heteroatoms. The highest BCUT2D eigenvalue weighted by atomic mass is 16.5. The van der Waals surface area contributed by atoms with Gasteiger partial charge in [0.1, 0.15) is 0 Å². The first-order chi connectivity index (χ1) is 16.8. The van der Waals surface area contributed by atoms with Crippen molar-refractivity contribution in [3.05, 3.63) is 11.6 Å². The highest BCUT2D eigenvalue weighted by Crippen LogP contribution is 2.75. The van der Waals surface area contributed by atoms with Gasteiger partial charge in [-0.05, 0) is 104 Å². The molecule has 5 aliphatic rings. The SMILES string of the molecule is COC(=O)C12CCC(C)(CO)CC1C1=CCC3C4(C)CCC(O)C(C)(CO)C4CCC3(C)C1(C)CC2. The van der Waals surface area contributed by atoms with Gasteiger partial charge >= 0.3 is 5.97 Å². The molecule has 0 spiro atoms. The minimum absolute atomic E-state index is 0.00846. The second kappa shape index (κ2) is 8.29. The number of ether oxygens (including phenoxy) is 1. The number of hydrogen-bond donors (Lipinski definition) is 3. The van der Waals surface area contributed by atoms with E-state index in [1.165, 1.54) is 12.7 Å². The van der Waals surface area contributed by atoms with Gasteiger partial charge in [-0.1, -0.05) is 46.3 Å². The summed E-state index contributed by atoms with van der Waals surface area (Å²) in [6, 6.07) is 0. The number of carbonyl (C=O) groups excluding carboxylic acids is 1. The lowest BCUT2D eigenvalue weighted by molar-refractivity contribution is -0.217. The molecule has 10 unspecified atom stereocenters. The maximum atomic E-state index is 13.4. The summed E-state index contributed by atoms with van der Waals surface area (Å²) in [5.74, 6) is 0.849. The summed E-state index contributed by atoms with van der Waals surface area (Å²) in [5.41, 5.74) is 0.534. The van der Waals surface area contributed by atoms with E-state index in [0.29, 0.717) is 11.8 Å². The predicted octanol–water partition coefficient (Wildman–Crippen LogP) is 5.27. The first kappa shape index (κ1) is 26.7. The fourth-order valence-electron chi connectivity index (χ4n) is 10.9. The van der Waals surface area contributed by atoms with Gasteiger partial charge in [0.15, 0.2) is 0 Å². The topological polar surface area (TPSA) is 87.0 Å². The Balaban J connectivity index is 1.60. The summed E-state index contributed by atoms with van der Waals surface area (Å²) in [7, 11) is 1.53. The van der Waals surface area contributed by atoms with Gasteiger partial charge in [-0.15, -0.1) is 0 Å². The minimum atomic E-state index is -0.469. The van der Waals surface area contributed by atoms with Crippen molar-refractivity contribution < 1.29 is 24.9 Å². The maximum Gasteiger partial charge on any atom is 0.312 e. The molecule has 0 aromatic rings. The summed E-state index contributed by atoms with van der Waals surface area (Å²) >= 11 is 0. The van der Waals surface area contributed by atoms with Gasteiger partial charge in [0.2, 0.25) is 0 Å². The number of aliphatic hydroxyl groups excluding tert-OH is 3. The Morgan fingerprint density at radius 3 is 2.28 bits per heavy atom. The fraction of sp³-hybridized carbons (Fsp3) is 0.903. The highest BCUT2D eigenvalue weighted by molar-refractivity contribution is 5.78. The standard InChI is InChI=1S/C31H50O5/c1-26(18-32)13-15-31(25(35)36-6)16-14-29(4)20(21(31)17-26)7-8-23-27(2)11-10-24(34)28(3,19-33)22(27)9-12-30(23,29)5/h7,21-24,32-34H,8-19H2,1-6H3. The zero-order valence-corrected chi connectivity index (χ0v) is 23.5. The van der Waals surface area contributed by atoms with Crippen molar-refractivity contribution in [3.63, 3.8) is 0 Å². The van der Waals surface area contributed by atoms with Crippen LogP contribution in [0.2, 0.25) is 0 Å². The third-order valence-corrected chi connectivity index (χ3v) is 13.6. The quantitative estimate of drug-likeness (QED) is 0.362. The van der Waals surface area contributed by atoms with Crippen LogP contribution in [0.5, 0.6) is 0 Å². The Morgan fingerprint density at radius 2 is 1.64 bits per heavy atom. The van der Waals surface area contributed by atoms with E-state index in [0.717, 1.165) is 64.2 Å². The van der Waals surface area contributed by atoms with Crippen LogP contribution in [-0.2, 0) is 9.53 Å². The van der Waals surface area contributed by atoms with Gasteiger partial charge in [0.05, 0.1) is 25.2 Å². The molecule has 204 valence electrons. The van der Waals surface area contributed by atoms with Crippen LogP contribution in [0.15, 0.2) is 11.6 Å². The van der Waals surface area contributed by atoms with Gasteiger partial charge in [0, 0.05) is 12.0 Å². The third-order valence-electron chi connectivity index (χ3n) is 13.6. The normalized spacial score (nSPS) is 54.3. The molecule has 36 heavy (non-hydrogen) atoms. The molecule has 0 aromatic carbocycles. The molecule has 3 N–H and O–H groups in total. The molecule has 0 aromatic heterocycles. The third kappa shape index (κ3) is 3.14. The van der Waals surface area contributed by atoms with Crippen LogP contribution in [0.4, 0.5) is 0 Å². The number of carbonyl (C=O) groups is 1. The van der Waals surface area contributed by atoms with Gasteiger partial charge in [-0.2, -0.15) is 0 Å². The van der Waals surface area contributed by atoms with E-state index in [4.69, 9.17) is 4.74 Å². The van der Waals surface area contributed by atoms with Crippen molar-refractivity contribution in [2.24, 2.45) is 50.2 Å². The Bertz CT molecular complexity index is 945. The number of allylic oxidation sites excluding steroid dienone is 2. The molecule has 0 radical (unpaired) electrons. The molecular weight excluding hydrogens is 452 g/mol. The molecule has 0 bridgehead atoms. The van der Waals surface area contributed by atoms with E-state index < -0.39 is 16.9 Å². The average Bonchev–Trinajstić information content (AvgIpc) is 2.86. The van der Waals surface area contributed by atoms with Crippen LogP contribution < -0.4 is 0 Å². The highest BCUT2D eigenvalue weighted by Gasteiger charge is 2.69. The molecule has 0 heterocycles. The molecular formula is C31H50O5. The van der Waals surface area contributed by atoms with Crippen molar-refractivity contribution in [3.8, 4) is 0 Å². The number of aliphatic hydroxyl groups is 3. The summed E-state index contributed by atoms with van der Waals surface area (Å²) in [5, 5.41) is 31.7. The van der Waals surface area contributed by atoms with Crippen molar-refractivity contribution in [2.45, 2.75) is 105 Å². The second-order valence-electron chi connectivity index (χ2n) is 14.9. The van der Waals surface area contributed by atoms with Crippen molar-refractivity contribution in [1.82, 2.24) is 0 Å². The molecule has 5 aliphatic carbocycles. The fourth-order valence-corrected chi connectivity index (χ4v) is 10.9. The van der Waals surface area contributed by atoms with Crippen LogP contribution >= 0.6 is 0 Å². The van der Waals surface area contributed by atoms with Crippen molar-refractivity contribution >= 4 is 5.97 Å². The predicted molar refractivity (Wildman–Crippen MR) is 140 cm³/mol. The van der Waals surface area contributed by atoms with Crippen LogP contribution in [-0.4, -0.2) is 47.7 Å². The Labute approximate surface area is 218 Å². The Kier molecular flexibility index (Phi) is 6.15. The number of methoxy groups -OCH3 is 1. The lowest BCUT2D eigenvalue weighted by Crippen LogP contribution is -2.66. The maximum absolute atomic E-state index is 13.4. The lowest BCUT2D eigenvalue weighted by atomic mass is 9.33. The lowest BCUT2D eigenvalue weighted by Gasteiger charge is -2.71. The zero-order valence-electron chi connectivity index (χ0n) is 23.5. The Morgan fingerprint density at radius 1 is 0.944 bits per heavy atom. The molecule has 5 rings (SSSR count). The van der Waals surface area contributed by atoms with Gasteiger partial charge in [0.25, 0.3) is 0 Å². The Hall–Kier alpha value is -0.910. The van der Waals surface area contributed by atoms with E-state index in [1.807, 2.05) is 0 Å². The number of esters is 1. The van der Waals surface area contributed by atoms with Gasteiger partial charge < -0.3 is 20.1 Å². The average molecular weight is 503 g/mol. The number of rotatable bonds is 3. The van der Waals surface area contributed by atoms with Crippen LogP contribution in [0.1, 0.15) is 98.8 Å². The molecule has 0 amide bonds. The van der Waals surface area contributed by atoms with E-state index in [-0.39, 0.29) is 46.8 Å². The zero-order chi connectivity index (χ0) is 26.4. The first-order valence-electron chi connectivity index (χ1n) is 14.5. The second-order valence-corrected chi connectivity index (χ2v) is 14.9. The van der Waals surface area contributed by atoms with Crippen LogP contribution in [0.3, 0.4) is 0 Å². The summed E-state index contributed by atoms with van der Waals surface area (Å²) in [6.45, 7) is 11.9. The molecule has 5 nitrogen and oxygen atoms in total. The summed E-state index contributed by atoms with van der Waals surface area (Å²) in [4.78, 5) is 13.4. The van der Waals surface area contributed by atoms with E-state index in [1.54, 1.807) is 0 Å². The minimum Gasteiger partial charge on any atom is -0.469 e. The van der Waals surface area contributed by atoms with Gasteiger partial charge in [-0.3, -0.25) is 4.79 Å². The van der Waals surface area contributed by atoms with Crippen molar-refractivity contribution in [1.29, 1.82) is 0 Å². The monoisotopic (exact) mass is 502 g/mol. The first-order valence-corrected chi connectivity index (χ1v) is 14.5. The molecule has 10 atom stereocenters. The summed E-state index contributed by atoms with van der Waals surface area (Å²) in [6.07, 6.45) is 11.3. The smallest absolute Gasteiger partial charge is 0.312 e. The molecule has 0 saturated heterocycles. The van der Waals surface area contributed by atoms with Crippen molar-refractivity contribution in [2.75, 3.05) is 20.3 Å². The number of fused-ring (bicyclic) bond motifs is 7. The van der Waals surface area contributed by atoms with E-state index in [9.17, 15) is 20.1 Å². The number of hydrogen-bond acceptors (Lipinski definition) is 5. The molecule has 4 fully saturated rings.